The summed E-state index contributed by atoms with van der Waals surface area (Å²) in [5.41, 5.74) is 1.19. The van der Waals surface area contributed by atoms with Crippen molar-refractivity contribution in [2.24, 2.45) is 0 Å². The normalized spacial score (nSPS) is 22.2. The Labute approximate surface area is 126 Å². The number of hydrogen-bond donors (Lipinski definition) is 1. The van der Waals surface area contributed by atoms with Crippen LogP contribution in [0.5, 0.6) is 5.75 Å². The summed E-state index contributed by atoms with van der Waals surface area (Å²) in [4.78, 5) is 0. The van der Waals surface area contributed by atoms with Crippen LogP contribution in [0.1, 0.15) is 31.2 Å². The van der Waals surface area contributed by atoms with E-state index in [4.69, 9.17) is 11.2 Å². The Bertz CT molecular complexity index is 447. The Morgan fingerprint density at radius 3 is 2.75 bits per heavy atom. The van der Waals surface area contributed by atoms with E-state index in [1.54, 1.807) is 0 Å². The molecular formula is C17H23NOS. The second-order valence-corrected chi connectivity index (χ2v) is 6.33. The summed E-state index contributed by atoms with van der Waals surface area (Å²) in [6, 6.07) is 8.76. The molecule has 2 nitrogen and oxygen atoms in total. The van der Waals surface area contributed by atoms with E-state index in [2.05, 4.69) is 23.6 Å². The van der Waals surface area contributed by atoms with Gasteiger partial charge in [0.2, 0.25) is 0 Å². The smallest absolute Gasteiger partial charge is 0.148 e. The van der Waals surface area contributed by atoms with E-state index < -0.39 is 0 Å². The SMILES string of the molecule is C#CCOc1ccccc1CNC1CCC(SC)CC1. The van der Waals surface area contributed by atoms with Crippen LogP contribution in [0.2, 0.25) is 0 Å². The largest absolute Gasteiger partial charge is 0.481 e. The van der Waals surface area contributed by atoms with Gasteiger partial charge in [-0.25, -0.2) is 0 Å². The summed E-state index contributed by atoms with van der Waals surface area (Å²) in [6.45, 7) is 1.19. The van der Waals surface area contributed by atoms with Gasteiger partial charge in [0.25, 0.3) is 0 Å². The fourth-order valence-corrected chi connectivity index (χ4v) is 3.41. The number of benzene rings is 1. The van der Waals surface area contributed by atoms with Gasteiger partial charge in [-0.05, 0) is 38.0 Å². The molecule has 0 heterocycles. The van der Waals surface area contributed by atoms with Crippen LogP contribution in [0, 0.1) is 12.3 Å². The minimum atomic E-state index is 0.329. The first kappa shape index (κ1) is 15.3. The number of terminal acetylenes is 1. The Morgan fingerprint density at radius 2 is 2.05 bits per heavy atom. The molecule has 0 atom stereocenters. The molecule has 20 heavy (non-hydrogen) atoms. The number of para-hydroxylation sites is 1. The van der Waals surface area contributed by atoms with Gasteiger partial charge in [-0.3, -0.25) is 0 Å². The van der Waals surface area contributed by atoms with Crippen molar-refractivity contribution in [3.8, 4) is 18.1 Å². The predicted molar refractivity (Wildman–Crippen MR) is 87.2 cm³/mol. The zero-order valence-corrected chi connectivity index (χ0v) is 12.9. The summed E-state index contributed by atoms with van der Waals surface area (Å²) in [5, 5.41) is 4.52. The molecule has 2 rings (SSSR count). The first-order valence-electron chi connectivity index (χ1n) is 7.24. The maximum absolute atomic E-state index is 5.58. The molecule has 0 radical (unpaired) electrons. The minimum absolute atomic E-state index is 0.329. The lowest BCUT2D eigenvalue weighted by molar-refractivity contribution is 0.354. The van der Waals surface area contributed by atoms with Crippen LogP contribution in [0.4, 0.5) is 0 Å². The van der Waals surface area contributed by atoms with Crippen LogP contribution in [-0.4, -0.2) is 24.2 Å². The van der Waals surface area contributed by atoms with Crippen LogP contribution < -0.4 is 10.1 Å². The molecule has 1 aliphatic rings. The van der Waals surface area contributed by atoms with E-state index in [1.807, 2.05) is 30.0 Å². The van der Waals surface area contributed by atoms with E-state index in [0.717, 1.165) is 17.5 Å². The van der Waals surface area contributed by atoms with Gasteiger partial charge in [-0.15, -0.1) is 6.42 Å². The summed E-state index contributed by atoms with van der Waals surface area (Å²) in [5.74, 6) is 3.41. The van der Waals surface area contributed by atoms with Gasteiger partial charge in [-0.1, -0.05) is 24.1 Å². The van der Waals surface area contributed by atoms with Crippen molar-refractivity contribution in [3.05, 3.63) is 29.8 Å². The average molecular weight is 289 g/mol. The molecule has 0 aromatic heterocycles. The highest BCUT2D eigenvalue weighted by atomic mass is 32.2. The third-order valence-electron chi connectivity index (χ3n) is 3.87. The van der Waals surface area contributed by atoms with E-state index in [0.29, 0.717) is 12.6 Å². The van der Waals surface area contributed by atoms with Gasteiger partial charge >= 0.3 is 0 Å². The van der Waals surface area contributed by atoms with Gasteiger partial charge in [-0.2, -0.15) is 11.8 Å². The predicted octanol–water partition coefficient (Wildman–Crippen LogP) is 3.46. The number of nitrogens with one attached hydrogen (secondary N) is 1. The van der Waals surface area contributed by atoms with E-state index in [1.165, 1.54) is 31.2 Å². The van der Waals surface area contributed by atoms with Crippen molar-refractivity contribution in [2.45, 2.75) is 43.5 Å². The molecular weight excluding hydrogens is 266 g/mol. The lowest BCUT2D eigenvalue weighted by Gasteiger charge is -2.28. The van der Waals surface area contributed by atoms with E-state index in [-0.39, 0.29) is 0 Å². The Hall–Kier alpha value is -1.11. The van der Waals surface area contributed by atoms with Gasteiger partial charge in [0, 0.05) is 23.4 Å². The number of hydrogen-bond acceptors (Lipinski definition) is 3. The first-order chi connectivity index (χ1) is 9.83. The summed E-state index contributed by atoms with van der Waals surface area (Å²) >= 11 is 2.01. The Balaban J connectivity index is 1.83. The molecule has 1 saturated carbocycles. The minimum Gasteiger partial charge on any atom is -0.481 e. The van der Waals surface area contributed by atoms with Gasteiger partial charge in [0.05, 0.1) is 0 Å². The van der Waals surface area contributed by atoms with Gasteiger partial charge in [0.1, 0.15) is 12.4 Å². The lowest BCUT2D eigenvalue weighted by Crippen LogP contribution is -2.33. The standard InChI is InChI=1S/C17H23NOS/c1-3-12-19-17-7-5-4-6-14(17)13-18-15-8-10-16(20-2)11-9-15/h1,4-7,15-16,18H,8-13H2,2H3. The van der Waals surface area contributed by atoms with Crippen LogP contribution >= 0.6 is 11.8 Å². The molecule has 0 bridgehead atoms. The second-order valence-electron chi connectivity index (χ2n) is 5.19. The maximum Gasteiger partial charge on any atom is 0.148 e. The molecule has 108 valence electrons. The van der Waals surface area contributed by atoms with Gasteiger partial charge < -0.3 is 10.1 Å². The molecule has 1 fully saturated rings. The van der Waals surface area contributed by atoms with Crippen LogP contribution in [0.15, 0.2) is 24.3 Å². The van der Waals surface area contributed by atoms with Gasteiger partial charge in [0.15, 0.2) is 0 Å². The molecule has 1 aromatic carbocycles. The second kappa shape index (κ2) is 8.24. The van der Waals surface area contributed by atoms with Crippen molar-refractivity contribution in [2.75, 3.05) is 12.9 Å². The molecule has 1 aliphatic carbocycles. The number of ether oxygens (including phenoxy) is 1. The molecule has 0 unspecified atom stereocenters. The molecule has 0 aliphatic heterocycles. The summed E-state index contributed by atoms with van der Waals surface area (Å²) in [6.07, 6.45) is 12.7. The van der Waals surface area contributed by atoms with Crippen molar-refractivity contribution < 1.29 is 4.74 Å². The third kappa shape index (κ3) is 4.47. The highest BCUT2D eigenvalue weighted by Gasteiger charge is 2.20. The van der Waals surface area contributed by atoms with Crippen LogP contribution in [0.25, 0.3) is 0 Å². The molecule has 0 amide bonds. The van der Waals surface area contributed by atoms with Crippen LogP contribution in [0.3, 0.4) is 0 Å². The summed E-state index contributed by atoms with van der Waals surface area (Å²) < 4.78 is 5.58. The number of rotatable bonds is 6. The Morgan fingerprint density at radius 1 is 1.30 bits per heavy atom. The summed E-state index contributed by atoms with van der Waals surface area (Å²) in [7, 11) is 0. The van der Waals surface area contributed by atoms with E-state index in [9.17, 15) is 0 Å². The zero-order chi connectivity index (χ0) is 14.2. The molecule has 1 aromatic rings. The maximum atomic E-state index is 5.58. The lowest BCUT2D eigenvalue weighted by atomic mass is 9.95. The topological polar surface area (TPSA) is 21.3 Å². The van der Waals surface area contributed by atoms with Crippen molar-refractivity contribution in [3.63, 3.8) is 0 Å². The highest BCUT2D eigenvalue weighted by molar-refractivity contribution is 7.99. The fraction of sp³-hybridized carbons (Fsp3) is 0.529. The monoisotopic (exact) mass is 289 g/mol. The van der Waals surface area contributed by atoms with E-state index >= 15 is 0 Å². The molecule has 0 saturated heterocycles. The number of thioether (sulfide) groups is 1. The van der Waals surface area contributed by atoms with Crippen molar-refractivity contribution in [1.82, 2.24) is 5.32 Å². The Kier molecular flexibility index (Phi) is 6.29. The van der Waals surface area contributed by atoms with Crippen molar-refractivity contribution in [1.29, 1.82) is 0 Å². The third-order valence-corrected chi connectivity index (χ3v) is 5.01. The zero-order valence-electron chi connectivity index (χ0n) is 12.1. The van der Waals surface area contributed by atoms with Crippen molar-refractivity contribution >= 4 is 11.8 Å². The first-order valence-corrected chi connectivity index (χ1v) is 8.52. The average Bonchev–Trinajstić information content (AvgIpc) is 2.52. The molecule has 0 spiro atoms. The van der Waals surface area contributed by atoms with Crippen LogP contribution in [-0.2, 0) is 6.54 Å². The molecule has 3 heteroatoms. The fourth-order valence-electron chi connectivity index (χ4n) is 2.67. The quantitative estimate of drug-likeness (QED) is 0.810. The molecule has 1 N–H and O–H groups in total. The highest BCUT2D eigenvalue weighted by Crippen LogP contribution is 2.27.